The van der Waals surface area contributed by atoms with E-state index in [0.29, 0.717) is 16.3 Å². The molecule has 4 N–H and O–H groups in total. The summed E-state index contributed by atoms with van der Waals surface area (Å²) in [7, 11) is 0. The molecule has 0 bridgehead atoms. The first-order valence-corrected chi connectivity index (χ1v) is 7.55. The number of phenols is 1. The Hall–Kier alpha value is -2.64. The Bertz CT molecular complexity index is 839. The van der Waals surface area contributed by atoms with Crippen LogP contribution in [-0.4, -0.2) is 27.5 Å². The number of rotatable bonds is 4. The van der Waals surface area contributed by atoms with E-state index in [9.17, 15) is 9.90 Å². The molecular weight excluding hydrogens is 350 g/mol. The summed E-state index contributed by atoms with van der Waals surface area (Å²) in [6, 6.07) is 9.16. The van der Waals surface area contributed by atoms with Gasteiger partial charge in [-0.1, -0.05) is 17.7 Å². The zero-order chi connectivity index (χ0) is 17.9. The van der Waals surface area contributed by atoms with Crippen LogP contribution in [0.4, 0.5) is 5.69 Å². The zero-order valence-electron chi connectivity index (χ0n) is 12.6. The summed E-state index contributed by atoms with van der Waals surface area (Å²) in [5.41, 5.74) is 7.36. The first-order valence-electron chi connectivity index (χ1n) is 6.76. The molecule has 0 aliphatic heterocycles. The molecule has 2 aromatic rings. The van der Waals surface area contributed by atoms with Gasteiger partial charge in [0.2, 0.25) is 0 Å². The van der Waals surface area contributed by atoms with Crippen LogP contribution in [0.1, 0.15) is 21.5 Å². The molecule has 0 aliphatic rings. The zero-order valence-corrected chi connectivity index (χ0v) is 14.2. The highest BCUT2D eigenvalue weighted by Crippen LogP contribution is 2.27. The van der Waals surface area contributed by atoms with Gasteiger partial charge >= 0.3 is 5.97 Å². The lowest BCUT2D eigenvalue weighted by atomic mass is 10.1. The molecule has 0 aliphatic carbocycles. The molecule has 0 heterocycles. The highest BCUT2D eigenvalue weighted by atomic mass is 35.5. The van der Waals surface area contributed by atoms with Crippen LogP contribution in [0.15, 0.2) is 41.5 Å². The van der Waals surface area contributed by atoms with Crippen molar-refractivity contribution in [2.24, 2.45) is 10.8 Å². The van der Waals surface area contributed by atoms with Crippen LogP contribution >= 0.6 is 23.8 Å². The van der Waals surface area contributed by atoms with Gasteiger partial charge in [-0.15, -0.1) is 0 Å². The number of carboxylic acid groups (broad SMARTS) is 1. The third-order valence-corrected chi connectivity index (χ3v) is 3.85. The first kappa shape index (κ1) is 17.7. The molecule has 2 rings (SSSR count). The summed E-state index contributed by atoms with van der Waals surface area (Å²) < 4.78 is 0. The van der Waals surface area contributed by atoms with Crippen LogP contribution in [0.3, 0.4) is 0 Å². The van der Waals surface area contributed by atoms with Crippen molar-refractivity contribution in [1.82, 2.24) is 0 Å². The lowest BCUT2D eigenvalue weighted by molar-refractivity contribution is 0.0696. The fourth-order valence-corrected chi connectivity index (χ4v) is 2.28. The van der Waals surface area contributed by atoms with Gasteiger partial charge in [-0.2, -0.15) is 5.10 Å². The summed E-state index contributed by atoms with van der Waals surface area (Å²) in [6.45, 7) is 1.80. The van der Waals surface area contributed by atoms with Crippen LogP contribution in [0, 0.1) is 6.92 Å². The molecule has 124 valence electrons. The van der Waals surface area contributed by atoms with Crippen LogP contribution in [0.2, 0.25) is 5.02 Å². The molecule has 0 radical (unpaired) electrons. The average molecular weight is 364 g/mol. The van der Waals surface area contributed by atoms with Gasteiger partial charge in [-0.25, -0.2) is 9.80 Å². The quantitative estimate of drug-likeness (QED) is 0.438. The molecule has 6 nitrogen and oxygen atoms in total. The molecule has 24 heavy (non-hydrogen) atoms. The lowest BCUT2D eigenvalue weighted by Gasteiger charge is -2.19. The number of hydrogen-bond acceptors (Lipinski definition) is 4. The van der Waals surface area contributed by atoms with E-state index in [4.69, 9.17) is 34.7 Å². The second kappa shape index (κ2) is 7.29. The van der Waals surface area contributed by atoms with Gasteiger partial charge in [0.05, 0.1) is 17.5 Å². The van der Waals surface area contributed by atoms with E-state index in [1.54, 1.807) is 25.1 Å². The SMILES string of the molecule is Cc1c(Cl)cccc1N(N=Cc1ccc(C(=O)O)cc1O)C(N)=S. The number of hydrazone groups is 1. The molecule has 2 aromatic carbocycles. The predicted octanol–water partition coefficient (Wildman–Crippen LogP) is 3.14. The number of carboxylic acids is 1. The molecule has 0 aromatic heterocycles. The number of hydrogen-bond donors (Lipinski definition) is 3. The Morgan fingerprint density at radius 2 is 2.08 bits per heavy atom. The van der Waals surface area contributed by atoms with Crippen molar-refractivity contribution >= 4 is 46.8 Å². The number of anilines is 1. The minimum absolute atomic E-state index is 0.00161. The summed E-state index contributed by atoms with van der Waals surface area (Å²) in [5.74, 6) is -1.35. The second-order valence-electron chi connectivity index (χ2n) is 4.86. The highest BCUT2D eigenvalue weighted by molar-refractivity contribution is 7.80. The number of aromatic carboxylic acids is 1. The number of carbonyl (C=O) groups is 1. The maximum absolute atomic E-state index is 10.9. The summed E-state index contributed by atoms with van der Waals surface area (Å²) in [4.78, 5) is 10.9. The second-order valence-corrected chi connectivity index (χ2v) is 5.68. The van der Waals surface area contributed by atoms with E-state index in [1.165, 1.54) is 23.4 Å². The first-order chi connectivity index (χ1) is 11.3. The molecule has 0 saturated carbocycles. The standard InChI is InChI=1S/C16H14ClN3O3S/c1-9-12(17)3-2-4-13(9)20(16(18)24)19-8-11-6-5-10(15(22)23)7-14(11)21/h2-8,21H,1H3,(H2,18,24)(H,22,23). The van der Waals surface area contributed by atoms with Crippen molar-refractivity contribution in [1.29, 1.82) is 0 Å². The Morgan fingerprint density at radius 1 is 1.38 bits per heavy atom. The largest absolute Gasteiger partial charge is 0.507 e. The lowest BCUT2D eigenvalue weighted by Crippen LogP contribution is -2.31. The number of nitrogens with two attached hydrogens (primary N) is 1. The van der Waals surface area contributed by atoms with Gasteiger partial charge in [0.1, 0.15) is 5.75 Å². The third kappa shape index (κ3) is 3.81. The summed E-state index contributed by atoms with van der Waals surface area (Å²) >= 11 is 11.1. The minimum Gasteiger partial charge on any atom is -0.507 e. The van der Waals surface area contributed by atoms with E-state index in [-0.39, 0.29) is 16.4 Å². The molecule has 0 amide bonds. The predicted molar refractivity (Wildman–Crippen MR) is 98.1 cm³/mol. The van der Waals surface area contributed by atoms with Gasteiger partial charge in [-0.05, 0) is 55.0 Å². The average Bonchev–Trinajstić information content (AvgIpc) is 2.52. The van der Waals surface area contributed by atoms with Crippen LogP contribution in [0.25, 0.3) is 0 Å². The molecule has 0 atom stereocenters. The topological polar surface area (TPSA) is 99.2 Å². The monoisotopic (exact) mass is 363 g/mol. The summed E-state index contributed by atoms with van der Waals surface area (Å²) in [6.07, 6.45) is 1.33. The highest BCUT2D eigenvalue weighted by Gasteiger charge is 2.13. The molecule has 8 heteroatoms. The van der Waals surface area contributed by atoms with E-state index < -0.39 is 5.97 Å². The van der Waals surface area contributed by atoms with Crippen molar-refractivity contribution in [3.8, 4) is 5.75 Å². The van der Waals surface area contributed by atoms with Crippen molar-refractivity contribution in [3.63, 3.8) is 0 Å². The van der Waals surface area contributed by atoms with Crippen LogP contribution in [0.5, 0.6) is 5.75 Å². The molecular formula is C16H14ClN3O3S. The third-order valence-electron chi connectivity index (χ3n) is 3.27. The number of phenolic OH excluding ortho intramolecular Hbond substituents is 1. The van der Waals surface area contributed by atoms with Gasteiger partial charge < -0.3 is 15.9 Å². The Balaban J connectivity index is 2.38. The van der Waals surface area contributed by atoms with Crippen molar-refractivity contribution in [2.45, 2.75) is 6.92 Å². The number of halogens is 1. The fourth-order valence-electron chi connectivity index (χ4n) is 1.97. The molecule has 0 unspecified atom stereocenters. The van der Waals surface area contributed by atoms with E-state index >= 15 is 0 Å². The number of aromatic hydroxyl groups is 1. The normalized spacial score (nSPS) is 10.8. The number of nitrogens with zero attached hydrogens (tertiary/aromatic N) is 2. The smallest absolute Gasteiger partial charge is 0.335 e. The van der Waals surface area contributed by atoms with Gasteiger partial charge in [-0.3, -0.25) is 0 Å². The van der Waals surface area contributed by atoms with Gasteiger partial charge in [0, 0.05) is 10.6 Å². The number of thiocarbonyl (C=S) groups is 1. The Labute approximate surface area is 148 Å². The van der Waals surface area contributed by atoms with E-state index in [2.05, 4.69) is 5.10 Å². The van der Waals surface area contributed by atoms with Crippen LogP contribution in [-0.2, 0) is 0 Å². The Morgan fingerprint density at radius 3 is 2.67 bits per heavy atom. The van der Waals surface area contributed by atoms with Crippen molar-refractivity contribution < 1.29 is 15.0 Å². The van der Waals surface area contributed by atoms with Crippen molar-refractivity contribution in [2.75, 3.05) is 5.01 Å². The van der Waals surface area contributed by atoms with Crippen LogP contribution < -0.4 is 10.7 Å². The van der Waals surface area contributed by atoms with Crippen molar-refractivity contribution in [3.05, 3.63) is 58.1 Å². The number of benzene rings is 2. The minimum atomic E-state index is -1.13. The van der Waals surface area contributed by atoms with E-state index in [1.807, 2.05) is 0 Å². The molecule has 0 fully saturated rings. The molecule has 0 saturated heterocycles. The fraction of sp³-hybridized carbons (Fsp3) is 0.0625. The maximum Gasteiger partial charge on any atom is 0.335 e. The van der Waals surface area contributed by atoms with Gasteiger partial charge in [0.25, 0.3) is 0 Å². The van der Waals surface area contributed by atoms with E-state index in [0.717, 1.165) is 11.6 Å². The summed E-state index contributed by atoms with van der Waals surface area (Å²) in [5, 5.41) is 24.8. The maximum atomic E-state index is 10.9. The Kier molecular flexibility index (Phi) is 5.38. The molecule has 0 spiro atoms. The van der Waals surface area contributed by atoms with Gasteiger partial charge in [0.15, 0.2) is 5.11 Å².